The fraction of sp³-hybridized carbons (Fsp3) is 0.625. The molecule has 0 saturated carbocycles. The van der Waals surface area contributed by atoms with Crippen molar-refractivity contribution in [2.24, 2.45) is 0 Å². The lowest BCUT2D eigenvalue weighted by atomic mass is 10.3. The van der Waals surface area contributed by atoms with Crippen LogP contribution in [0.1, 0.15) is 20.8 Å². The number of aldehydes is 1. The van der Waals surface area contributed by atoms with Gasteiger partial charge in [0.1, 0.15) is 0 Å². The standard InChI is InChI=1S/C8H14NO/c1-4-8(7-10)9(5-2)6-3/h7H,5-6H2,1-3H3. The van der Waals surface area contributed by atoms with Crippen molar-refractivity contribution in [3.63, 3.8) is 0 Å². The zero-order valence-corrected chi connectivity index (χ0v) is 6.85. The molecule has 57 valence electrons. The first-order valence-electron chi connectivity index (χ1n) is 3.54. The Balaban J connectivity index is 4.10. The summed E-state index contributed by atoms with van der Waals surface area (Å²) in [6.07, 6.45) is 3.67. The predicted octanol–water partition coefficient (Wildman–Crippen LogP) is 1.23. The molecule has 0 fully saturated rings. The molecular weight excluding hydrogens is 126 g/mol. The molecule has 0 spiro atoms. The van der Waals surface area contributed by atoms with E-state index in [9.17, 15) is 4.79 Å². The van der Waals surface area contributed by atoms with Crippen LogP contribution in [0.2, 0.25) is 0 Å². The highest BCUT2D eigenvalue weighted by Gasteiger charge is 2.00. The first kappa shape index (κ1) is 9.21. The first-order valence-corrected chi connectivity index (χ1v) is 3.54. The van der Waals surface area contributed by atoms with Gasteiger partial charge in [0.25, 0.3) is 0 Å². The van der Waals surface area contributed by atoms with Gasteiger partial charge in [-0.2, -0.15) is 0 Å². The third-order valence-corrected chi connectivity index (χ3v) is 1.47. The second kappa shape index (κ2) is 5.03. The van der Waals surface area contributed by atoms with Gasteiger partial charge in [0, 0.05) is 13.1 Å². The molecule has 0 aromatic rings. The van der Waals surface area contributed by atoms with Crippen molar-refractivity contribution in [2.45, 2.75) is 20.8 Å². The smallest absolute Gasteiger partial charge is 0.166 e. The molecule has 1 radical (unpaired) electrons. The first-order chi connectivity index (χ1) is 4.79. The molecule has 0 rings (SSSR count). The van der Waals surface area contributed by atoms with Gasteiger partial charge in [0.15, 0.2) is 6.29 Å². The Labute approximate surface area is 62.5 Å². The molecule has 0 saturated heterocycles. The third kappa shape index (κ3) is 2.21. The summed E-state index contributed by atoms with van der Waals surface area (Å²) in [6, 6.07) is 0. The topological polar surface area (TPSA) is 20.3 Å². The summed E-state index contributed by atoms with van der Waals surface area (Å²) in [5.74, 6) is 0. The van der Waals surface area contributed by atoms with E-state index >= 15 is 0 Å². The van der Waals surface area contributed by atoms with Crippen molar-refractivity contribution in [1.82, 2.24) is 4.90 Å². The fourth-order valence-electron chi connectivity index (χ4n) is 0.856. The fourth-order valence-corrected chi connectivity index (χ4v) is 0.856. The molecule has 0 aliphatic carbocycles. The number of likely N-dealkylation sites (N-methyl/N-ethyl adjacent to an activating group) is 1. The average Bonchev–Trinajstić information content (AvgIpc) is 2.00. The quantitative estimate of drug-likeness (QED) is 0.432. The summed E-state index contributed by atoms with van der Waals surface area (Å²) in [6.45, 7) is 7.52. The van der Waals surface area contributed by atoms with Crippen LogP contribution in [-0.4, -0.2) is 24.3 Å². The van der Waals surface area contributed by atoms with Gasteiger partial charge in [-0.15, -0.1) is 0 Å². The molecule has 2 heteroatoms. The molecule has 2 nitrogen and oxygen atoms in total. The minimum Gasteiger partial charge on any atom is -0.369 e. The van der Waals surface area contributed by atoms with Crippen LogP contribution in [0, 0.1) is 6.08 Å². The highest BCUT2D eigenvalue weighted by Crippen LogP contribution is 1.97. The van der Waals surface area contributed by atoms with Crippen LogP contribution in [0.4, 0.5) is 0 Å². The molecule has 0 bridgehead atoms. The number of nitrogens with zero attached hydrogens (tertiary/aromatic N) is 1. The Morgan fingerprint density at radius 1 is 1.50 bits per heavy atom. The maximum Gasteiger partial charge on any atom is 0.166 e. The predicted molar refractivity (Wildman–Crippen MR) is 41.4 cm³/mol. The highest BCUT2D eigenvalue weighted by atomic mass is 16.1. The minimum absolute atomic E-state index is 0.657. The van der Waals surface area contributed by atoms with E-state index in [1.807, 2.05) is 18.7 Å². The van der Waals surface area contributed by atoms with Crippen LogP contribution in [0.15, 0.2) is 5.70 Å². The Bertz CT molecular complexity index is 125. The molecule has 0 aromatic heterocycles. The van der Waals surface area contributed by atoms with Gasteiger partial charge in [0.05, 0.1) is 5.70 Å². The lowest BCUT2D eigenvalue weighted by Gasteiger charge is -2.19. The Morgan fingerprint density at radius 3 is 2.10 bits per heavy atom. The molecular formula is C8H14NO. The zero-order valence-electron chi connectivity index (χ0n) is 6.85. The molecule has 0 aliphatic rings. The summed E-state index contributed by atoms with van der Waals surface area (Å²) < 4.78 is 0. The number of hydrogen-bond donors (Lipinski definition) is 0. The maximum atomic E-state index is 10.4. The zero-order chi connectivity index (χ0) is 7.98. The van der Waals surface area contributed by atoms with Crippen LogP contribution in [0.3, 0.4) is 0 Å². The van der Waals surface area contributed by atoms with E-state index in [1.54, 1.807) is 6.92 Å². The Morgan fingerprint density at radius 2 is 2.00 bits per heavy atom. The SMILES string of the molecule is C/[C]=C(\C=O)N(CC)CC. The summed E-state index contributed by atoms with van der Waals surface area (Å²) in [4.78, 5) is 12.3. The van der Waals surface area contributed by atoms with Crippen molar-refractivity contribution in [3.8, 4) is 0 Å². The molecule has 0 aromatic carbocycles. The maximum absolute atomic E-state index is 10.4. The van der Waals surface area contributed by atoms with Gasteiger partial charge >= 0.3 is 0 Å². The summed E-state index contributed by atoms with van der Waals surface area (Å²) >= 11 is 0. The van der Waals surface area contributed by atoms with Crippen LogP contribution >= 0.6 is 0 Å². The minimum atomic E-state index is 0.657. The van der Waals surface area contributed by atoms with Crippen molar-refractivity contribution in [2.75, 3.05) is 13.1 Å². The lowest BCUT2D eigenvalue weighted by Crippen LogP contribution is -2.22. The van der Waals surface area contributed by atoms with Gasteiger partial charge in [0.2, 0.25) is 0 Å². The largest absolute Gasteiger partial charge is 0.369 e. The van der Waals surface area contributed by atoms with Crippen LogP contribution in [0.25, 0.3) is 0 Å². The normalized spacial score (nSPS) is 11.3. The molecule has 0 heterocycles. The summed E-state index contributed by atoms with van der Waals surface area (Å²) in [5.41, 5.74) is 0.657. The van der Waals surface area contributed by atoms with Crippen molar-refractivity contribution >= 4 is 6.29 Å². The Hall–Kier alpha value is -0.790. The third-order valence-electron chi connectivity index (χ3n) is 1.47. The van der Waals surface area contributed by atoms with Gasteiger partial charge in [-0.05, 0) is 26.8 Å². The number of carbonyl (C=O) groups excluding carboxylic acids is 1. The average molecular weight is 140 g/mol. The van der Waals surface area contributed by atoms with Crippen molar-refractivity contribution in [3.05, 3.63) is 11.8 Å². The van der Waals surface area contributed by atoms with E-state index in [-0.39, 0.29) is 0 Å². The number of rotatable bonds is 4. The van der Waals surface area contributed by atoms with E-state index in [0.29, 0.717) is 5.70 Å². The lowest BCUT2D eigenvalue weighted by molar-refractivity contribution is -0.106. The second-order valence-electron chi connectivity index (χ2n) is 1.93. The monoisotopic (exact) mass is 140 g/mol. The van der Waals surface area contributed by atoms with E-state index < -0.39 is 0 Å². The van der Waals surface area contributed by atoms with Crippen LogP contribution in [-0.2, 0) is 4.79 Å². The summed E-state index contributed by atoms with van der Waals surface area (Å²) in [5, 5.41) is 0. The van der Waals surface area contributed by atoms with E-state index in [1.165, 1.54) is 0 Å². The van der Waals surface area contributed by atoms with E-state index in [2.05, 4.69) is 6.08 Å². The van der Waals surface area contributed by atoms with Crippen molar-refractivity contribution < 1.29 is 4.79 Å². The van der Waals surface area contributed by atoms with Gasteiger partial charge in [-0.3, -0.25) is 4.79 Å². The van der Waals surface area contributed by atoms with Crippen LogP contribution < -0.4 is 0 Å². The van der Waals surface area contributed by atoms with E-state index in [0.717, 1.165) is 19.4 Å². The van der Waals surface area contributed by atoms with Gasteiger partial charge in [-0.25, -0.2) is 0 Å². The molecule has 0 unspecified atom stereocenters. The molecule has 10 heavy (non-hydrogen) atoms. The van der Waals surface area contributed by atoms with E-state index in [4.69, 9.17) is 0 Å². The molecule has 0 amide bonds. The number of hydrogen-bond acceptors (Lipinski definition) is 2. The Kier molecular flexibility index (Phi) is 4.63. The summed E-state index contributed by atoms with van der Waals surface area (Å²) in [7, 11) is 0. The highest BCUT2D eigenvalue weighted by molar-refractivity contribution is 5.71. The molecule has 0 N–H and O–H groups in total. The molecule has 0 aliphatic heterocycles. The van der Waals surface area contributed by atoms with Gasteiger partial charge < -0.3 is 4.90 Å². The second-order valence-corrected chi connectivity index (χ2v) is 1.93. The van der Waals surface area contributed by atoms with Crippen molar-refractivity contribution in [1.29, 1.82) is 0 Å². The number of allylic oxidation sites excluding steroid dienone is 2. The molecule has 0 atom stereocenters. The van der Waals surface area contributed by atoms with Crippen LogP contribution in [0.5, 0.6) is 0 Å². The number of carbonyl (C=O) groups is 1. The van der Waals surface area contributed by atoms with Gasteiger partial charge in [-0.1, -0.05) is 0 Å².